The highest BCUT2D eigenvalue weighted by atomic mass is 16.6. The maximum absolute atomic E-state index is 12.7. The Labute approximate surface area is 164 Å². The summed E-state index contributed by atoms with van der Waals surface area (Å²) in [5, 5.41) is 0. The number of allylic oxidation sites excluding steroid dienone is 1. The molecule has 0 saturated carbocycles. The lowest BCUT2D eigenvalue weighted by Crippen LogP contribution is -2.27. The fourth-order valence-electron chi connectivity index (χ4n) is 2.89. The van der Waals surface area contributed by atoms with Gasteiger partial charge in [-0.15, -0.1) is 0 Å². The molecular formula is C23H24O5. The summed E-state index contributed by atoms with van der Waals surface area (Å²) in [6, 6.07) is 11.2. The lowest BCUT2D eigenvalue weighted by atomic mass is 10.0. The molecule has 1 aliphatic rings. The van der Waals surface area contributed by atoms with Crippen LogP contribution in [0.3, 0.4) is 0 Å². The van der Waals surface area contributed by atoms with Crippen molar-refractivity contribution < 1.29 is 23.8 Å². The van der Waals surface area contributed by atoms with Crippen molar-refractivity contribution in [1.82, 2.24) is 0 Å². The van der Waals surface area contributed by atoms with Crippen molar-refractivity contribution in [2.75, 3.05) is 6.61 Å². The van der Waals surface area contributed by atoms with Crippen LogP contribution in [-0.4, -0.2) is 24.0 Å². The number of aryl methyl sites for hydroxylation is 2. The molecule has 0 unspecified atom stereocenters. The van der Waals surface area contributed by atoms with E-state index in [-0.39, 0.29) is 18.1 Å². The number of ether oxygens (including phenoxy) is 3. The average Bonchev–Trinajstić information content (AvgIpc) is 2.90. The van der Waals surface area contributed by atoms with Crippen molar-refractivity contribution in [3.8, 4) is 11.5 Å². The van der Waals surface area contributed by atoms with E-state index in [9.17, 15) is 9.59 Å². The second-order valence-corrected chi connectivity index (χ2v) is 7.84. The van der Waals surface area contributed by atoms with E-state index in [0.717, 1.165) is 16.7 Å². The Hall–Kier alpha value is -3.08. The highest BCUT2D eigenvalue weighted by Crippen LogP contribution is 2.37. The fraction of sp³-hybridized carbons (Fsp3) is 0.304. The molecular weight excluding hydrogens is 356 g/mol. The number of Topliss-reactive ketones (excluding diaryl/α,β-unsaturated/α-hetero) is 1. The van der Waals surface area contributed by atoms with Gasteiger partial charge in [0.1, 0.15) is 17.1 Å². The Morgan fingerprint density at radius 2 is 1.79 bits per heavy atom. The largest absolute Gasteiger partial charge is 0.482 e. The number of esters is 1. The second kappa shape index (κ2) is 7.50. The Bertz CT molecular complexity index is 946. The van der Waals surface area contributed by atoms with Crippen LogP contribution in [-0.2, 0) is 9.53 Å². The highest BCUT2D eigenvalue weighted by Gasteiger charge is 2.30. The second-order valence-electron chi connectivity index (χ2n) is 7.84. The molecule has 1 aliphatic heterocycles. The van der Waals surface area contributed by atoms with E-state index >= 15 is 0 Å². The van der Waals surface area contributed by atoms with E-state index in [0.29, 0.717) is 17.1 Å². The lowest BCUT2D eigenvalue weighted by Gasteiger charge is -2.19. The Morgan fingerprint density at radius 3 is 2.43 bits per heavy atom. The fourth-order valence-corrected chi connectivity index (χ4v) is 2.89. The summed E-state index contributed by atoms with van der Waals surface area (Å²) in [6.45, 7) is 9.00. The SMILES string of the molecule is Cc1ccc(/C=C2\Oc3cc(OCC(=O)OC(C)(C)C)cc(C)c3C2=O)cc1. The topological polar surface area (TPSA) is 61.8 Å². The van der Waals surface area contributed by atoms with E-state index in [1.54, 1.807) is 39.0 Å². The van der Waals surface area contributed by atoms with Gasteiger partial charge in [0.25, 0.3) is 0 Å². The van der Waals surface area contributed by atoms with Crippen molar-refractivity contribution in [3.05, 3.63) is 64.4 Å². The van der Waals surface area contributed by atoms with Gasteiger partial charge in [0, 0.05) is 6.07 Å². The summed E-state index contributed by atoms with van der Waals surface area (Å²) < 4.78 is 16.5. The molecule has 0 amide bonds. The summed E-state index contributed by atoms with van der Waals surface area (Å²) in [6.07, 6.45) is 1.72. The van der Waals surface area contributed by atoms with Gasteiger partial charge in [0.15, 0.2) is 12.4 Å². The van der Waals surface area contributed by atoms with E-state index in [4.69, 9.17) is 14.2 Å². The van der Waals surface area contributed by atoms with Crippen LogP contribution in [0.4, 0.5) is 0 Å². The minimum Gasteiger partial charge on any atom is -0.482 e. The molecule has 0 saturated heterocycles. The molecule has 1 heterocycles. The number of hydrogen-bond donors (Lipinski definition) is 0. The molecule has 0 spiro atoms. The molecule has 28 heavy (non-hydrogen) atoms. The standard InChI is InChI=1S/C23H24O5/c1-14-6-8-16(9-7-14)11-19-22(25)21-15(2)10-17(12-18(21)27-19)26-13-20(24)28-23(3,4)5/h6-12H,13H2,1-5H3/b19-11-. The van der Waals surface area contributed by atoms with Crippen LogP contribution in [0.5, 0.6) is 11.5 Å². The van der Waals surface area contributed by atoms with Gasteiger partial charge in [0.05, 0.1) is 5.56 Å². The Morgan fingerprint density at radius 1 is 1.11 bits per heavy atom. The molecule has 2 aromatic rings. The maximum atomic E-state index is 12.7. The van der Waals surface area contributed by atoms with Gasteiger partial charge in [-0.05, 0) is 57.9 Å². The van der Waals surface area contributed by atoms with Gasteiger partial charge < -0.3 is 14.2 Å². The maximum Gasteiger partial charge on any atom is 0.344 e. The molecule has 146 valence electrons. The normalized spacial score (nSPS) is 14.6. The van der Waals surface area contributed by atoms with Gasteiger partial charge in [-0.3, -0.25) is 4.79 Å². The third-order valence-corrected chi connectivity index (χ3v) is 4.10. The van der Waals surface area contributed by atoms with E-state index in [1.165, 1.54) is 0 Å². The van der Waals surface area contributed by atoms with Crippen LogP contribution in [0.1, 0.15) is 47.8 Å². The number of hydrogen-bond acceptors (Lipinski definition) is 5. The minimum atomic E-state index is -0.570. The zero-order chi connectivity index (χ0) is 20.5. The summed E-state index contributed by atoms with van der Waals surface area (Å²) in [4.78, 5) is 24.6. The molecule has 0 N–H and O–H groups in total. The summed E-state index contributed by atoms with van der Waals surface area (Å²) in [5.41, 5.74) is 2.71. The number of fused-ring (bicyclic) bond motifs is 1. The minimum absolute atomic E-state index is 0.160. The van der Waals surface area contributed by atoms with Crippen LogP contribution >= 0.6 is 0 Å². The van der Waals surface area contributed by atoms with Crippen molar-refractivity contribution in [2.24, 2.45) is 0 Å². The number of rotatable bonds is 4. The first-order valence-corrected chi connectivity index (χ1v) is 9.12. The molecule has 0 fully saturated rings. The van der Waals surface area contributed by atoms with Crippen molar-refractivity contribution in [1.29, 1.82) is 0 Å². The molecule has 2 aromatic carbocycles. The third-order valence-electron chi connectivity index (χ3n) is 4.10. The smallest absolute Gasteiger partial charge is 0.344 e. The Balaban J connectivity index is 1.77. The van der Waals surface area contributed by atoms with Gasteiger partial charge in [-0.25, -0.2) is 4.79 Å². The predicted octanol–water partition coefficient (Wildman–Crippen LogP) is 4.64. The van der Waals surface area contributed by atoms with E-state index in [1.807, 2.05) is 38.1 Å². The van der Waals surface area contributed by atoms with Crippen LogP contribution in [0, 0.1) is 13.8 Å². The van der Waals surface area contributed by atoms with Gasteiger partial charge >= 0.3 is 5.97 Å². The van der Waals surface area contributed by atoms with Gasteiger partial charge in [-0.1, -0.05) is 29.8 Å². The molecule has 0 atom stereocenters. The molecule has 0 aromatic heterocycles. The van der Waals surface area contributed by atoms with Crippen LogP contribution in [0.15, 0.2) is 42.2 Å². The summed E-state index contributed by atoms with van der Waals surface area (Å²) in [5.74, 6) is 0.537. The van der Waals surface area contributed by atoms with Gasteiger partial charge in [-0.2, -0.15) is 0 Å². The number of benzene rings is 2. The quantitative estimate of drug-likeness (QED) is 0.571. The zero-order valence-corrected chi connectivity index (χ0v) is 16.8. The van der Waals surface area contributed by atoms with Crippen molar-refractivity contribution in [2.45, 2.75) is 40.2 Å². The summed E-state index contributed by atoms with van der Waals surface area (Å²) in [7, 11) is 0. The summed E-state index contributed by atoms with van der Waals surface area (Å²) >= 11 is 0. The first kappa shape index (κ1) is 19.7. The van der Waals surface area contributed by atoms with Crippen LogP contribution in [0.25, 0.3) is 6.08 Å². The molecule has 3 rings (SSSR count). The molecule has 0 radical (unpaired) electrons. The molecule has 0 bridgehead atoms. The number of carbonyl (C=O) groups excluding carboxylic acids is 2. The van der Waals surface area contributed by atoms with Crippen molar-refractivity contribution >= 4 is 17.8 Å². The number of carbonyl (C=O) groups is 2. The highest BCUT2D eigenvalue weighted by molar-refractivity contribution is 6.15. The first-order valence-electron chi connectivity index (χ1n) is 9.12. The van der Waals surface area contributed by atoms with E-state index < -0.39 is 11.6 Å². The molecule has 5 heteroatoms. The molecule has 5 nitrogen and oxygen atoms in total. The van der Waals surface area contributed by atoms with Crippen molar-refractivity contribution in [3.63, 3.8) is 0 Å². The monoisotopic (exact) mass is 380 g/mol. The van der Waals surface area contributed by atoms with E-state index in [2.05, 4.69) is 0 Å². The van der Waals surface area contributed by atoms with Crippen LogP contribution < -0.4 is 9.47 Å². The third kappa shape index (κ3) is 4.60. The van der Waals surface area contributed by atoms with Crippen LogP contribution in [0.2, 0.25) is 0 Å². The molecule has 0 aliphatic carbocycles. The first-order chi connectivity index (χ1) is 13.1. The predicted molar refractivity (Wildman–Crippen MR) is 107 cm³/mol. The average molecular weight is 380 g/mol. The zero-order valence-electron chi connectivity index (χ0n) is 16.8. The number of ketones is 1. The lowest BCUT2D eigenvalue weighted by molar-refractivity contribution is -0.157. The Kier molecular flexibility index (Phi) is 5.27. The van der Waals surface area contributed by atoms with Gasteiger partial charge in [0.2, 0.25) is 5.78 Å².